The van der Waals surface area contributed by atoms with E-state index in [9.17, 15) is 5.11 Å². The smallest absolute Gasteiger partial charge is 0.116 e. The number of nitrogens with zero attached hydrogens (tertiary/aromatic N) is 2. The van der Waals surface area contributed by atoms with E-state index in [0.717, 1.165) is 11.3 Å². The van der Waals surface area contributed by atoms with Crippen LogP contribution in [0.5, 0.6) is 5.75 Å². The molecule has 0 saturated heterocycles. The zero-order valence-electron chi connectivity index (χ0n) is 6.88. The summed E-state index contributed by atoms with van der Waals surface area (Å²) in [5.41, 5.74) is 1.60. The van der Waals surface area contributed by atoms with Crippen LogP contribution in [0.3, 0.4) is 0 Å². The normalized spacial score (nSPS) is 10.2. The molecule has 0 amide bonds. The number of aromatic hydroxyl groups is 1. The third-order valence-electron chi connectivity index (χ3n) is 1.75. The second-order valence-electron chi connectivity index (χ2n) is 2.73. The summed E-state index contributed by atoms with van der Waals surface area (Å²) in [4.78, 5) is 1.24. The summed E-state index contributed by atoms with van der Waals surface area (Å²) in [6.07, 6.45) is 1.65. The molecule has 2 aromatic rings. The third-order valence-corrected chi connectivity index (χ3v) is 1.75. The number of aromatic nitrogens is 2. The molecule has 66 valence electrons. The van der Waals surface area contributed by atoms with E-state index >= 15 is 0 Å². The molecule has 0 aliphatic heterocycles. The largest absolute Gasteiger partial charge is 0.508 e. The molecule has 2 rings (SSSR count). The van der Waals surface area contributed by atoms with Crippen molar-refractivity contribution in [2.75, 3.05) is 5.84 Å². The van der Waals surface area contributed by atoms with Gasteiger partial charge in [0, 0.05) is 11.8 Å². The minimum atomic E-state index is 0.226. The minimum absolute atomic E-state index is 0.226. The number of phenolic OH excluding ortho intramolecular Hbond substituents is 1. The highest BCUT2D eigenvalue weighted by Crippen LogP contribution is 2.20. The summed E-state index contributed by atoms with van der Waals surface area (Å²) in [5, 5.41) is 13.2. The summed E-state index contributed by atoms with van der Waals surface area (Å²) in [5.74, 6) is 5.62. The molecule has 0 atom stereocenters. The van der Waals surface area contributed by atoms with Crippen LogP contribution < -0.4 is 5.84 Å². The van der Waals surface area contributed by atoms with Crippen LogP contribution in [0.1, 0.15) is 0 Å². The van der Waals surface area contributed by atoms with E-state index < -0.39 is 0 Å². The molecule has 0 bridgehead atoms. The fraction of sp³-hybridized carbons (Fsp3) is 0. The van der Waals surface area contributed by atoms with Crippen LogP contribution >= 0.6 is 0 Å². The maximum Gasteiger partial charge on any atom is 0.116 e. The maximum atomic E-state index is 9.22. The Hall–Kier alpha value is -1.97. The zero-order valence-corrected chi connectivity index (χ0v) is 6.88. The lowest BCUT2D eigenvalue weighted by Crippen LogP contribution is -2.07. The third kappa shape index (κ3) is 1.46. The number of hydrogen-bond donors (Lipinski definition) is 2. The standard InChI is InChI=1S/C9H9N3O/c10-12-5-4-9(11-12)7-2-1-3-8(13)6-7/h1-6,13H,10H2. The van der Waals surface area contributed by atoms with Gasteiger partial charge in [0.15, 0.2) is 0 Å². The number of hydrogen-bond acceptors (Lipinski definition) is 3. The molecule has 1 aromatic heterocycles. The van der Waals surface area contributed by atoms with Crippen molar-refractivity contribution in [2.24, 2.45) is 0 Å². The van der Waals surface area contributed by atoms with Crippen LogP contribution in [0, 0.1) is 0 Å². The fourth-order valence-corrected chi connectivity index (χ4v) is 1.16. The molecule has 0 aliphatic carbocycles. The van der Waals surface area contributed by atoms with E-state index in [1.807, 2.05) is 6.07 Å². The van der Waals surface area contributed by atoms with Crippen molar-refractivity contribution in [1.29, 1.82) is 0 Å². The lowest BCUT2D eigenvalue weighted by Gasteiger charge is -1.96. The fourth-order valence-electron chi connectivity index (χ4n) is 1.16. The van der Waals surface area contributed by atoms with E-state index in [-0.39, 0.29) is 5.75 Å². The first-order chi connectivity index (χ1) is 6.25. The molecule has 3 N–H and O–H groups in total. The number of nitrogens with two attached hydrogens (primary N) is 1. The van der Waals surface area contributed by atoms with Gasteiger partial charge in [-0.25, -0.2) is 0 Å². The Labute approximate surface area is 75.2 Å². The Balaban J connectivity index is 2.46. The molecular formula is C9H9N3O. The molecule has 0 aliphatic rings. The number of benzene rings is 1. The highest BCUT2D eigenvalue weighted by atomic mass is 16.3. The molecule has 1 heterocycles. The molecule has 0 spiro atoms. The average Bonchev–Trinajstić information content (AvgIpc) is 2.52. The lowest BCUT2D eigenvalue weighted by molar-refractivity contribution is 0.475. The molecule has 4 nitrogen and oxygen atoms in total. The van der Waals surface area contributed by atoms with Crippen LogP contribution in [0.4, 0.5) is 0 Å². The lowest BCUT2D eigenvalue weighted by atomic mass is 10.1. The predicted octanol–water partition coefficient (Wildman–Crippen LogP) is 0.969. The summed E-state index contributed by atoms with van der Waals surface area (Å²) < 4.78 is 0. The first-order valence-electron chi connectivity index (χ1n) is 3.86. The topological polar surface area (TPSA) is 64.1 Å². The Morgan fingerprint density at radius 2 is 2.15 bits per heavy atom. The molecule has 1 aromatic carbocycles. The average molecular weight is 175 g/mol. The monoisotopic (exact) mass is 175 g/mol. The van der Waals surface area contributed by atoms with Gasteiger partial charge in [-0.2, -0.15) is 9.89 Å². The first-order valence-corrected chi connectivity index (χ1v) is 3.86. The summed E-state index contributed by atoms with van der Waals surface area (Å²) in [7, 11) is 0. The molecule has 0 fully saturated rings. The van der Waals surface area contributed by atoms with Crippen molar-refractivity contribution < 1.29 is 5.11 Å². The summed E-state index contributed by atoms with van der Waals surface area (Å²) in [6.45, 7) is 0. The zero-order chi connectivity index (χ0) is 9.26. The molecule has 0 radical (unpaired) electrons. The second-order valence-corrected chi connectivity index (χ2v) is 2.73. The van der Waals surface area contributed by atoms with Gasteiger partial charge in [-0.1, -0.05) is 12.1 Å². The Bertz CT molecular complexity index is 422. The van der Waals surface area contributed by atoms with Crippen LogP contribution in [-0.2, 0) is 0 Å². The molecule has 0 saturated carbocycles. The van der Waals surface area contributed by atoms with Crippen LogP contribution in [0.2, 0.25) is 0 Å². The van der Waals surface area contributed by atoms with Crippen molar-refractivity contribution in [3.8, 4) is 17.0 Å². The SMILES string of the molecule is Nn1ccc(-c2cccc(O)c2)n1. The quantitative estimate of drug-likeness (QED) is 0.635. The predicted molar refractivity (Wildman–Crippen MR) is 49.5 cm³/mol. The van der Waals surface area contributed by atoms with Gasteiger partial charge < -0.3 is 10.9 Å². The molecule has 13 heavy (non-hydrogen) atoms. The highest BCUT2D eigenvalue weighted by molar-refractivity contribution is 5.60. The molecule has 0 unspecified atom stereocenters. The van der Waals surface area contributed by atoms with E-state index in [1.54, 1.807) is 30.5 Å². The number of rotatable bonds is 1. The van der Waals surface area contributed by atoms with E-state index in [4.69, 9.17) is 5.84 Å². The Morgan fingerprint density at radius 3 is 2.77 bits per heavy atom. The maximum absolute atomic E-state index is 9.22. The summed E-state index contributed by atoms with van der Waals surface area (Å²) >= 11 is 0. The summed E-state index contributed by atoms with van der Waals surface area (Å²) in [6, 6.07) is 8.67. The minimum Gasteiger partial charge on any atom is -0.508 e. The van der Waals surface area contributed by atoms with E-state index in [0.29, 0.717) is 0 Å². The molecular weight excluding hydrogens is 166 g/mol. The Kier molecular flexibility index (Phi) is 1.66. The van der Waals surface area contributed by atoms with Crippen molar-refractivity contribution in [3.05, 3.63) is 36.5 Å². The van der Waals surface area contributed by atoms with Crippen molar-refractivity contribution in [1.82, 2.24) is 9.89 Å². The van der Waals surface area contributed by atoms with Crippen molar-refractivity contribution in [3.63, 3.8) is 0 Å². The van der Waals surface area contributed by atoms with Crippen LogP contribution in [0.15, 0.2) is 36.5 Å². The number of phenols is 1. The van der Waals surface area contributed by atoms with Gasteiger partial charge in [0.2, 0.25) is 0 Å². The number of nitrogen functional groups attached to an aromatic ring is 1. The molecule has 4 heteroatoms. The van der Waals surface area contributed by atoms with Gasteiger partial charge in [0.05, 0.1) is 5.69 Å². The van der Waals surface area contributed by atoms with Gasteiger partial charge in [0.25, 0.3) is 0 Å². The van der Waals surface area contributed by atoms with Gasteiger partial charge in [0.1, 0.15) is 5.75 Å². The van der Waals surface area contributed by atoms with Gasteiger partial charge in [-0.3, -0.25) is 0 Å². The van der Waals surface area contributed by atoms with Crippen molar-refractivity contribution >= 4 is 0 Å². The highest BCUT2D eigenvalue weighted by Gasteiger charge is 2.00. The van der Waals surface area contributed by atoms with Gasteiger partial charge in [-0.15, -0.1) is 0 Å². The van der Waals surface area contributed by atoms with Crippen LogP contribution in [-0.4, -0.2) is 15.0 Å². The van der Waals surface area contributed by atoms with Gasteiger partial charge >= 0.3 is 0 Å². The van der Waals surface area contributed by atoms with E-state index in [2.05, 4.69) is 5.10 Å². The van der Waals surface area contributed by atoms with Crippen LogP contribution in [0.25, 0.3) is 11.3 Å². The van der Waals surface area contributed by atoms with E-state index in [1.165, 1.54) is 4.79 Å². The first kappa shape index (κ1) is 7.67. The Morgan fingerprint density at radius 1 is 1.31 bits per heavy atom. The van der Waals surface area contributed by atoms with Gasteiger partial charge in [-0.05, 0) is 18.2 Å². The second kappa shape index (κ2) is 2.82. The van der Waals surface area contributed by atoms with Crippen molar-refractivity contribution in [2.45, 2.75) is 0 Å².